The van der Waals surface area contributed by atoms with Crippen molar-refractivity contribution in [3.8, 4) is 0 Å². The van der Waals surface area contributed by atoms with Crippen molar-refractivity contribution in [2.24, 2.45) is 29.1 Å². The summed E-state index contributed by atoms with van der Waals surface area (Å²) < 4.78 is 4.82. The Morgan fingerprint density at radius 2 is 1.56 bits per heavy atom. The van der Waals surface area contributed by atoms with Crippen molar-refractivity contribution in [1.29, 1.82) is 0 Å². The summed E-state index contributed by atoms with van der Waals surface area (Å²) in [6.45, 7) is 4.46. The minimum Gasteiger partial charge on any atom is -0.467 e. The molecule has 1 atom stereocenters. The summed E-state index contributed by atoms with van der Waals surface area (Å²) in [7, 11) is 1.33. The fourth-order valence-electron chi connectivity index (χ4n) is 6.60. The lowest BCUT2D eigenvalue weighted by Crippen LogP contribution is -2.53. The number of methoxy groups -OCH3 is 1. The van der Waals surface area contributed by atoms with Gasteiger partial charge in [0.1, 0.15) is 6.04 Å². The number of nitrogens with one attached hydrogen (secondary N) is 2. The number of amides is 2. The van der Waals surface area contributed by atoms with Crippen LogP contribution in [0.4, 0.5) is 0 Å². The molecule has 4 saturated carbocycles. The summed E-state index contributed by atoms with van der Waals surface area (Å²) in [5, 5.41) is 5.96. The molecular formula is C26H36N2O4. The second-order valence-corrected chi connectivity index (χ2v) is 10.8. The van der Waals surface area contributed by atoms with Gasteiger partial charge in [-0.3, -0.25) is 9.59 Å². The fourth-order valence-corrected chi connectivity index (χ4v) is 6.60. The van der Waals surface area contributed by atoms with Gasteiger partial charge in [0, 0.05) is 17.5 Å². The van der Waals surface area contributed by atoms with Crippen molar-refractivity contribution < 1.29 is 19.1 Å². The third-order valence-electron chi connectivity index (χ3n) is 7.69. The molecule has 4 aliphatic carbocycles. The molecule has 0 heterocycles. The van der Waals surface area contributed by atoms with Crippen LogP contribution in [0.25, 0.3) is 0 Å². The lowest BCUT2D eigenvalue weighted by atomic mass is 9.49. The number of hydrogen-bond acceptors (Lipinski definition) is 4. The maximum Gasteiger partial charge on any atom is 0.328 e. The molecule has 2 N–H and O–H groups in total. The molecule has 0 spiro atoms. The highest BCUT2D eigenvalue weighted by molar-refractivity contribution is 5.96. The first-order chi connectivity index (χ1) is 15.3. The van der Waals surface area contributed by atoms with Gasteiger partial charge in [-0.2, -0.15) is 0 Å². The summed E-state index contributed by atoms with van der Waals surface area (Å²) in [4.78, 5) is 37.7. The molecule has 4 bridgehead atoms. The number of benzene rings is 1. The minimum atomic E-state index is -0.660. The van der Waals surface area contributed by atoms with Crippen LogP contribution in [0.1, 0.15) is 74.7 Å². The van der Waals surface area contributed by atoms with E-state index >= 15 is 0 Å². The van der Waals surface area contributed by atoms with Gasteiger partial charge in [-0.1, -0.05) is 26.0 Å². The van der Waals surface area contributed by atoms with Gasteiger partial charge in [0.2, 0.25) is 5.91 Å². The lowest BCUT2D eigenvalue weighted by Gasteiger charge is -2.55. The van der Waals surface area contributed by atoms with E-state index in [1.807, 2.05) is 26.0 Å². The molecule has 4 aliphatic rings. The molecule has 0 aromatic heterocycles. The Morgan fingerprint density at radius 3 is 2.06 bits per heavy atom. The average molecular weight is 441 g/mol. The van der Waals surface area contributed by atoms with Crippen LogP contribution in [-0.2, 0) is 20.9 Å². The van der Waals surface area contributed by atoms with Crippen molar-refractivity contribution in [2.45, 2.75) is 71.4 Å². The van der Waals surface area contributed by atoms with E-state index < -0.39 is 12.0 Å². The van der Waals surface area contributed by atoms with Crippen LogP contribution >= 0.6 is 0 Å². The van der Waals surface area contributed by atoms with Gasteiger partial charge >= 0.3 is 5.97 Å². The van der Waals surface area contributed by atoms with Crippen LogP contribution in [0.15, 0.2) is 24.3 Å². The monoisotopic (exact) mass is 440 g/mol. The predicted octanol–water partition coefficient (Wildman–Crippen LogP) is 3.84. The molecule has 0 aliphatic heterocycles. The Kier molecular flexibility index (Phi) is 6.59. The van der Waals surface area contributed by atoms with Crippen molar-refractivity contribution in [3.05, 3.63) is 35.4 Å². The van der Waals surface area contributed by atoms with Crippen LogP contribution in [0.5, 0.6) is 0 Å². The number of carbonyl (C=O) groups excluding carboxylic acids is 3. The molecule has 0 radical (unpaired) electrons. The van der Waals surface area contributed by atoms with Gasteiger partial charge in [0.15, 0.2) is 0 Å². The molecular weight excluding hydrogens is 404 g/mol. The Labute approximate surface area is 190 Å². The molecule has 6 nitrogen and oxygen atoms in total. The zero-order chi connectivity index (χ0) is 22.9. The molecule has 1 aromatic rings. The van der Waals surface area contributed by atoms with E-state index in [0.29, 0.717) is 18.5 Å². The van der Waals surface area contributed by atoms with Crippen LogP contribution in [0.3, 0.4) is 0 Å². The second kappa shape index (κ2) is 9.24. The molecule has 2 amide bonds. The first-order valence-electron chi connectivity index (χ1n) is 12.0. The van der Waals surface area contributed by atoms with E-state index in [1.165, 1.54) is 26.4 Å². The molecule has 1 unspecified atom stereocenters. The van der Waals surface area contributed by atoms with E-state index in [4.69, 9.17) is 4.74 Å². The van der Waals surface area contributed by atoms with Crippen LogP contribution in [0, 0.1) is 29.1 Å². The maximum absolute atomic E-state index is 13.1. The Balaban J connectivity index is 1.32. The maximum atomic E-state index is 13.1. The third kappa shape index (κ3) is 4.84. The number of hydrogen-bond donors (Lipinski definition) is 2. The minimum absolute atomic E-state index is 0.145. The predicted molar refractivity (Wildman–Crippen MR) is 122 cm³/mol. The van der Waals surface area contributed by atoms with Gasteiger partial charge in [0.05, 0.1) is 7.11 Å². The van der Waals surface area contributed by atoms with E-state index in [1.54, 1.807) is 12.1 Å². The number of esters is 1. The zero-order valence-corrected chi connectivity index (χ0v) is 19.5. The summed E-state index contributed by atoms with van der Waals surface area (Å²) in [5.74, 6) is 1.96. The topological polar surface area (TPSA) is 84.5 Å². The Bertz CT molecular complexity index is 826. The first-order valence-corrected chi connectivity index (χ1v) is 12.0. The highest BCUT2D eigenvalue weighted by Gasteiger charge is 2.54. The second-order valence-electron chi connectivity index (χ2n) is 10.8. The Morgan fingerprint density at radius 1 is 1.00 bits per heavy atom. The largest absolute Gasteiger partial charge is 0.467 e. The van der Waals surface area contributed by atoms with Gasteiger partial charge < -0.3 is 15.4 Å². The standard InChI is InChI=1S/C26H36N2O4/c1-16(2)8-22(24(30)32-3)28-23(29)21-6-4-17(5-7-21)15-27-25(31)26-12-18-9-19(13-26)11-20(10-18)14-26/h4-7,16,18-20,22H,8-15H2,1-3H3,(H,27,31)(H,28,29). The number of rotatable bonds is 8. The van der Waals surface area contributed by atoms with Crippen molar-refractivity contribution >= 4 is 17.8 Å². The normalized spacial score (nSPS) is 28.9. The van der Waals surface area contributed by atoms with Gasteiger partial charge in [-0.15, -0.1) is 0 Å². The van der Waals surface area contributed by atoms with Crippen LogP contribution in [0.2, 0.25) is 0 Å². The first kappa shape index (κ1) is 22.8. The number of carbonyl (C=O) groups is 3. The lowest BCUT2D eigenvalue weighted by molar-refractivity contribution is -0.146. The fraction of sp³-hybridized carbons (Fsp3) is 0.654. The van der Waals surface area contributed by atoms with Crippen molar-refractivity contribution in [1.82, 2.24) is 10.6 Å². The zero-order valence-electron chi connectivity index (χ0n) is 19.5. The summed E-state index contributed by atoms with van der Waals surface area (Å²) in [6, 6.07) is 6.55. The van der Waals surface area contributed by atoms with E-state index in [0.717, 1.165) is 42.6 Å². The third-order valence-corrected chi connectivity index (χ3v) is 7.69. The molecule has 6 heteroatoms. The van der Waals surface area contributed by atoms with Crippen LogP contribution < -0.4 is 10.6 Å². The molecule has 0 saturated heterocycles. The summed E-state index contributed by atoms with van der Waals surface area (Å²) in [5.41, 5.74) is 1.30. The van der Waals surface area contributed by atoms with Gasteiger partial charge in [-0.25, -0.2) is 4.79 Å². The van der Waals surface area contributed by atoms with Gasteiger partial charge in [-0.05, 0) is 86.3 Å². The highest BCUT2D eigenvalue weighted by atomic mass is 16.5. The molecule has 4 fully saturated rings. The van der Waals surface area contributed by atoms with E-state index in [-0.39, 0.29) is 23.1 Å². The molecule has 32 heavy (non-hydrogen) atoms. The highest BCUT2D eigenvalue weighted by Crippen LogP contribution is 2.60. The SMILES string of the molecule is COC(=O)C(CC(C)C)NC(=O)c1ccc(CNC(=O)C23CC4CC(CC(C4)C2)C3)cc1. The average Bonchev–Trinajstić information content (AvgIpc) is 2.75. The summed E-state index contributed by atoms with van der Waals surface area (Å²) >= 11 is 0. The quantitative estimate of drug-likeness (QED) is 0.602. The van der Waals surface area contributed by atoms with Crippen LogP contribution in [-0.4, -0.2) is 30.9 Å². The molecule has 174 valence electrons. The molecule has 5 rings (SSSR count). The molecule has 1 aromatic carbocycles. The van der Waals surface area contributed by atoms with Gasteiger partial charge in [0.25, 0.3) is 5.91 Å². The Hall–Kier alpha value is -2.37. The summed E-state index contributed by atoms with van der Waals surface area (Å²) in [6.07, 6.45) is 7.66. The van der Waals surface area contributed by atoms with E-state index in [2.05, 4.69) is 10.6 Å². The smallest absolute Gasteiger partial charge is 0.328 e. The van der Waals surface area contributed by atoms with Crippen molar-refractivity contribution in [3.63, 3.8) is 0 Å². The van der Waals surface area contributed by atoms with E-state index in [9.17, 15) is 14.4 Å². The number of ether oxygens (including phenoxy) is 1. The van der Waals surface area contributed by atoms with Crippen molar-refractivity contribution in [2.75, 3.05) is 7.11 Å².